The van der Waals surface area contributed by atoms with E-state index >= 15 is 0 Å². The van der Waals surface area contributed by atoms with E-state index in [0.717, 1.165) is 9.13 Å². The van der Waals surface area contributed by atoms with E-state index in [2.05, 4.69) is 34.5 Å². The molecule has 0 aromatic heterocycles. The van der Waals surface area contributed by atoms with Gasteiger partial charge in [0.05, 0.1) is 5.69 Å². The molecule has 0 bridgehead atoms. The topological polar surface area (TPSA) is 38.3 Å². The van der Waals surface area contributed by atoms with Crippen LogP contribution in [0.1, 0.15) is 15.9 Å². The maximum atomic E-state index is 12.3. The number of anilines is 1. The summed E-state index contributed by atoms with van der Waals surface area (Å²) >= 11 is 2.22. The Bertz CT molecular complexity index is 668. The number of halogens is 1. The van der Waals surface area contributed by atoms with Crippen LogP contribution in [0.2, 0.25) is 0 Å². The number of benzene rings is 2. The third-order valence-electron chi connectivity index (χ3n) is 2.93. The Morgan fingerprint density at radius 3 is 2.81 bits per heavy atom. The molecule has 4 heteroatoms. The summed E-state index contributed by atoms with van der Waals surface area (Å²) in [6.07, 6.45) is 1.67. The van der Waals surface area contributed by atoms with Gasteiger partial charge in [0.25, 0.3) is 5.91 Å². The zero-order valence-electron chi connectivity index (χ0n) is 11.7. The van der Waals surface area contributed by atoms with Gasteiger partial charge in [-0.15, -0.1) is 0 Å². The molecular formula is C17H16INO2. The molecule has 108 valence electrons. The summed E-state index contributed by atoms with van der Waals surface area (Å²) in [5, 5.41) is 2.88. The largest absolute Gasteiger partial charge is 0.487 e. The van der Waals surface area contributed by atoms with Gasteiger partial charge >= 0.3 is 0 Å². The number of carbonyl (C=O) groups is 1. The van der Waals surface area contributed by atoms with Crippen molar-refractivity contribution in [3.8, 4) is 5.75 Å². The average molecular weight is 393 g/mol. The molecule has 2 aromatic carbocycles. The van der Waals surface area contributed by atoms with Crippen molar-refractivity contribution in [1.82, 2.24) is 0 Å². The summed E-state index contributed by atoms with van der Waals surface area (Å²) in [5.41, 5.74) is 2.44. The van der Waals surface area contributed by atoms with Crippen LogP contribution in [0.4, 0.5) is 5.69 Å². The molecule has 0 fully saturated rings. The molecule has 0 radical (unpaired) electrons. The highest BCUT2D eigenvalue weighted by atomic mass is 127. The molecule has 0 unspecified atom stereocenters. The summed E-state index contributed by atoms with van der Waals surface area (Å²) in [6.45, 7) is 6.03. The Hall–Kier alpha value is -1.82. The van der Waals surface area contributed by atoms with E-state index in [0.29, 0.717) is 23.6 Å². The van der Waals surface area contributed by atoms with E-state index in [1.165, 1.54) is 0 Å². The summed E-state index contributed by atoms with van der Waals surface area (Å²) in [7, 11) is 0. The maximum absolute atomic E-state index is 12.3. The van der Waals surface area contributed by atoms with Gasteiger partial charge in [-0.25, -0.2) is 0 Å². The SMILES string of the molecule is C=CCOc1ccccc1NC(=O)c1ccc(C)c(I)c1. The molecule has 0 saturated carbocycles. The first-order chi connectivity index (χ1) is 10.1. The lowest BCUT2D eigenvalue weighted by molar-refractivity contribution is 0.102. The molecule has 0 spiro atoms. The third-order valence-corrected chi connectivity index (χ3v) is 4.09. The van der Waals surface area contributed by atoms with Gasteiger partial charge in [0.15, 0.2) is 0 Å². The number of hydrogen-bond donors (Lipinski definition) is 1. The number of para-hydroxylation sites is 2. The Labute approximate surface area is 138 Å². The molecule has 1 amide bonds. The van der Waals surface area contributed by atoms with E-state index in [9.17, 15) is 4.79 Å². The smallest absolute Gasteiger partial charge is 0.255 e. The van der Waals surface area contributed by atoms with Crippen LogP contribution >= 0.6 is 22.6 Å². The summed E-state index contributed by atoms with van der Waals surface area (Å²) < 4.78 is 6.60. The number of hydrogen-bond acceptors (Lipinski definition) is 2. The first-order valence-corrected chi connectivity index (χ1v) is 7.60. The molecule has 0 atom stereocenters. The molecule has 0 aliphatic rings. The molecular weight excluding hydrogens is 377 g/mol. The summed E-state index contributed by atoms with van der Waals surface area (Å²) in [4.78, 5) is 12.3. The second-order valence-electron chi connectivity index (χ2n) is 4.51. The Kier molecular flexibility index (Phi) is 5.38. The van der Waals surface area contributed by atoms with Crippen molar-refractivity contribution in [2.24, 2.45) is 0 Å². The van der Waals surface area contributed by atoms with Crippen molar-refractivity contribution in [2.45, 2.75) is 6.92 Å². The molecule has 21 heavy (non-hydrogen) atoms. The van der Waals surface area contributed by atoms with Gasteiger partial charge in [0, 0.05) is 9.13 Å². The highest BCUT2D eigenvalue weighted by Crippen LogP contribution is 2.24. The minimum Gasteiger partial charge on any atom is -0.487 e. The van der Waals surface area contributed by atoms with Crippen molar-refractivity contribution in [1.29, 1.82) is 0 Å². The highest BCUT2D eigenvalue weighted by Gasteiger charge is 2.10. The fourth-order valence-electron chi connectivity index (χ4n) is 1.77. The minimum absolute atomic E-state index is 0.150. The van der Waals surface area contributed by atoms with Crippen LogP contribution in [0, 0.1) is 10.5 Å². The monoisotopic (exact) mass is 393 g/mol. The Morgan fingerprint density at radius 2 is 2.10 bits per heavy atom. The Balaban J connectivity index is 2.19. The second kappa shape index (κ2) is 7.26. The molecule has 0 aliphatic heterocycles. The van der Waals surface area contributed by atoms with Gasteiger partial charge in [-0.1, -0.05) is 30.9 Å². The van der Waals surface area contributed by atoms with Crippen LogP contribution in [-0.2, 0) is 0 Å². The zero-order valence-corrected chi connectivity index (χ0v) is 13.9. The van der Waals surface area contributed by atoms with Crippen LogP contribution in [0.15, 0.2) is 55.1 Å². The van der Waals surface area contributed by atoms with Gasteiger partial charge in [0.1, 0.15) is 12.4 Å². The normalized spacial score (nSPS) is 10.0. The number of amides is 1. The van der Waals surface area contributed by atoms with Gasteiger partial charge in [-0.2, -0.15) is 0 Å². The van der Waals surface area contributed by atoms with Crippen LogP contribution in [-0.4, -0.2) is 12.5 Å². The van der Waals surface area contributed by atoms with Crippen LogP contribution in [0.25, 0.3) is 0 Å². The van der Waals surface area contributed by atoms with Crippen LogP contribution in [0.3, 0.4) is 0 Å². The molecule has 2 rings (SSSR count). The van der Waals surface area contributed by atoms with Crippen molar-refractivity contribution < 1.29 is 9.53 Å². The molecule has 3 nitrogen and oxygen atoms in total. The van der Waals surface area contributed by atoms with Crippen molar-refractivity contribution in [2.75, 3.05) is 11.9 Å². The van der Waals surface area contributed by atoms with Gasteiger partial charge in [-0.3, -0.25) is 4.79 Å². The number of rotatable bonds is 5. The number of ether oxygens (including phenoxy) is 1. The quantitative estimate of drug-likeness (QED) is 0.604. The van der Waals surface area contributed by atoms with E-state index < -0.39 is 0 Å². The molecule has 2 aromatic rings. The molecule has 0 saturated heterocycles. The minimum atomic E-state index is -0.150. The third kappa shape index (κ3) is 4.07. The van der Waals surface area contributed by atoms with E-state index in [4.69, 9.17) is 4.74 Å². The van der Waals surface area contributed by atoms with E-state index in [-0.39, 0.29) is 5.91 Å². The van der Waals surface area contributed by atoms with Crippen LogP contribution < -0.4 is 10.1 Å². The summed E-state index contributed by atoms with van der Waals surface area (Å²) in [6, 6.07) is 13.0. The molecule has 0 heterocycles. The second-order valence-corrected chi connectivity index (χ2v) is 5.68. The van der Waals surface area contributed by atoms with Crippen LogP contribution in [0.5, 0.6) is 5.75 Å². The highest BCUT2D eigenvalue weighted by molar-refractivity contribution is 14.1. The van der Waals surface area contributed by atoms with Gasteiger partial charge < -0.3 is 10.1 Å². The fraction of sp³-hybridized carbons (Fsp3) is 0.118. The van der Waals surface area contributed by atoms with E-state index in [1.807, 2.05) is 49.4 Å². The number of aryl methyl sites for hydroxylation is 1. The van der Waals surface area contributed by atoms with Gasteiger partial charge in [0.2, 0.25) is 0 Å². The first kappa shape index (κ1) is 15.6. The number of carbonyl (C=O) groups excluding carboxylic acids is 1. The Morgan fingerprint density at radius 1 is 1.33 bits per heavy atom. The lowest BCUT2D eigenvalue weighted by Gasteiger charge is -2.11. The first-order valence-electron chi connectivity index (χ1n) is 6.52. The van der Waals surface area contributed by atoms with Crippen molar-refractivity contribution >= 4 is 34.2 Å². The maximum Gasteiger partial charge on any atom is 0.255 e. The van der Waals surface area contributed by atoms with Crippen molar-refractivity contribution in [3.63, 3.8) is 0 Å². The lowest BCUT2D eigenvalue weighted by atomic mass is 10.1. The zero-order chi connectivity index (χ0) is 15.2. The number of nitrogens with one attached hydrogen (secondary N) is 1. The fourth-order valence-corrected chi connectivity index (χ4v) is 2.29. The van der Waals surface area contributed by atoms with Crippen molar-refractivity contribution in [3.05, 3.63) is 69.8 Å². The molecule has 1 N–H and O–H groups in total. The standard InChI is InChI=1S/C17H16INO2/c1-3-10-21-16-7-5-4-6-15(16)19-17(20)13-9-8-12(2)14(18)11-13/h3-9,11H,1,10H2,2H3,(H,19,20). The van der Waals surface area contributed by atoms with E-state index in [1.54, 1.807) is 6.08 Å². The average Bonchev–Trinajstić information content (AvgIpc) is 2.49. The lowest BCUT2D eigenvalue weighted by Crippen LogP contribution is -2.13. The van der Waals surface area contributed by atoms with Gasteiger partial charge in [-0.05, 0) is 59.3 Å². The predicted molar refractivity (Wildman–Crippen MR) is 94.0 cm³/mol. The summed E-state index contributed by atoms with van der Waals surface area (Å²) in [5.74, 6) is 0.482. The molecule has 0 aliphatic carbocycles. The predicted octanol–water partition coefficient (Wildman–Crippen LogP) is 4.42.